The lowest BCUT2D eigenvalue weighted by Gasteiger charge is -2.28. The molecule has 2 unspecified atom stereocenters. The number of carbonyl (C=O) groups is 1. The molecule has 0 aliphatic carbocycles. The number of hydrogen-bond donors (Lipinski definition) is 1. The molecule has 0 bridgehead atoms. The first-order valence-corrected chi connectivity index (χ1v) is 10.1. The fourth-order valence-electron chi connectivity index (χ4n) is 4.59. The minimum absolute atomic E-state index is 0.00468. The molecule has 0 radical (unpaired) electrons. The monoisotopic (exact) mass is 382 g/mol. The van der Waals surface area contributed by atoms with Gasteiger partial charge in [-0.1, -0.05) is 6.42 Å². The largest absolute Gasteiger partial charge is 0.454 e. The van der Waals surface area contributed by atoms with Gasteiger partial charge in [0.25, 0.3) is 0 Å². The summed E-state index contributed by atoms with van der Waals surface area (Å²) in [6, 6.07) is 5.87. The number of hydrogen-bond acceptors (Lipinski definition) is 5. The van der Waals surface area contributed by atoms with Crippen LogP contribution in [0.4, 0.5) is 0 Å². The maximum absolute atomic E-state index is 12.8. The number of nitrogens with zero attached hydrogens (tertiary/aromatic N) is 3. The van der Waals surface area contributed by atoms with Gasteiger partial charge in [-0.15, -0.1) is 0 Å². The number of carbonyl (C=O) groups excluding carboxylic acids is 1. The van der Waals surface area contributed by atoms with Crippen molar-refractivity contribution in [2.75, 3.05) is 33.5 Å². The highest BCUT2D eigenvalue weighted by Gasteiger charge is 2.40. The van der Waals surface area contributed by atoms with Crippen molar-refractivity contribution in [1.29, 1.82) is 0 Å². The third-order valence-electron chi connectivity index (χ3n) is 6.19. The van der Waals surface area contributed by atoms with E-state index in [0.29, 0.717) is 0 Å². The predicted octanol–water partition coefficient (Wildman–Crippen LogP) is 2.81. The van der Waals surface area contributed by atoms with Crippen LogP contribution in [0.25, 0.3) is 11.3 Å². The molecule has 2 saturated heterocycles. The number of likely N-dealkylation sites (tertiary alicyclic amines) is 2. The van der Waals surface area contributed by atoms with Crippen LogP contribution in [0.2, 0.25) is 0 Å². The molecule has 1 amide bonds. The molecule has 1 aromatic heterocycles. The molecular formula is C21H26N4O3. The molecule has 1 N–H and O–H groups in total. The number of amides is 1. The fraction of sp³-hybridized carbons (Fsp3) is 0.524. The van der Waals surface area contributed by atoms with Crippen LogP contribution in [-0.4, -0.2) is 59.1 Å². The second-order valence-corrected chi connectivity index (χ2v) is 8.01. The van der Waals surface area contributed by atoms with E-state index in [1.165, 1.54) is 19.3 Å². The fourth-order valence-corrected chi connectivity index (χ4v) is 4.59. The first-order valence-electron chi connectivity index (χ1n) is 10.1. The van der Waals surface area contributed by atoms with Gasteiger partial charge < -0.3 is 24.3 Å². The highest BCUT2D eigenvalue weighted by Crippen LogP contribution is 2.38. The summed E-state index contributed by atoms with van der Waals surface area (Å²) in [6.07, 6.45) is 6.46. The minimum atomic E-state index is 0.00468. The molecule has 2 atom stereocenters. The number of ether oxygens (including phenoxy) is 2. The lowest BCUT2D eigenvalue weighted by Crippen LogP contribution is -2.37. The summed E-state index contributed by atoms with van der Waals surface area (Å²) in [5, 5.41) is 0. The summed E-state index contributed by atoms with van der Waals surface area (Å²) < 4.78 is 10.9. The maximum Gasteiger partial charge on any atom is 0.231 e. The van der Waals surface area contributed by atoms with E-state index in [4.69, 9.17) is 9.47 Å². The first kappa shape index (κ1) is 17.6. The van der Waals surface area contributed by atoms with Crippen molar-refractivity contribution >= 4 is 5.91 Å². The van der Waals surface area contributed by atoms with Gasteiger partial charge in [-0.2, -0.15) is 0 Å². The molecule has 1 aromatic carbocycles. The maximum atomic E-state index is 12.8. The molecular weight excluding hydrogens is 356 g/mol. The number of aromatic nitrogens is 2. The minimum Gasteiger partial charge on any atom is -0.454 e. The van der Waals surface area contributed by atoms with E-state index < -0.39 is 0 Å². The van der Waals surface area contributed by atoms with Crippen molar-refractivity contribution in [3.63, 3.8) is 0 Å². The summed E-state index contributed by atoms with van der Waals surface area (Å²) in [4.78, 5) is 25.1. The van der Waals surface area contributed by atoms with Gasteiger partial charge in [-0.25, -0.2) is 4.98 Å². The second kappa shape index (κ2) is 7.13. The van der Waals surface area contributed by atoms with Crippen LogP contribution in [0.5, 0.6) is 11.5 Å². The number of aromatic amines is 1. The highest BCUT2D eigenvalue weighted by atomic mass is 16.7. The van der Waals surface area contributed by atoms with Crippen molar-refractivity contribution < 1.29 is 14.3 Å². The van der Waals surface area contributed by atoms with E-state index in [9.17, 15) is 4.79 Å². The van der Waals surface area contributed by atoms with Crippen molar-refractivity contribution in [2.45, 2.75) is 31.7 Å². The molecule has 2 aromatic rings. The number of fused-ring (bicyclic) bond motifs is 1. The molecule has 3 aliphatic rings. The number of benzene rings is 1. The average molecular weight is 382 g/mol. The molecule has 28 heavy (non-hydrogen) atoms. The van der Waals surface area contributed by atoms with E-state index >= 15 is 0 Å². The second-order valence-electron chi connectivity index (χ2n) is 8.01. The molecule has 7 nitrogen and oxygen atoms in total. The van der Waals surface area contributed by atoms with E-state index in [-0.39, 0.29) is 24.7 Å². The molecule has 3 aliphatic heterocycles. The number of imidazole rings is 1. The van der Waals surface area contributed by atoms with Gasteiger partial charge >= 0.3 is 0 Å². The van der Waals surface area contributed by atoms with Gasteiger partial charge in [0.15, 0.2) is 11.5 Å². The van der Waals surface area contributed by atoms with Gasteiger partial charge in [0, 0.05) is 19.2 Å². The number of rotatable bonds is 4. The number of nitrogens with one attached hydrogen (secondary N) is 1. The normalized spacial score (nSPS) is 24.9. The Kier molecular flexibility index (Phi) is 4.47. The molecule has 5 rings (SSSR count). The zero-order valence-corrected chi connectivity index (χ0v) is 16.2. The van der Waals surface area contributed by atoms with Crippen molar-refractivity contribution in [3.8, 4) is 22.8 Å². The molecule has 4 heterocycles. The quantitative estimate of drug-likeness (QED) is 0.881. The Morgan fingerprint density at radius 3 is 2.86 bits per heavy atom. The predicted molar refractivity (Wildman–Crippen MR) is 104 cm³/mol. The Bertz CT molecular complexity index is 874. The third kappa shape index (κ3) is 3.13. The molecule has 7 heteroatoms. The lowest BCUT2D eigenvalue weighted by molar-refractivity contribution is -0.131. The smallest absolute Gasteiger partial charge is 0.231 e. The lowest BCUT2D eigenvalue weighted by atomic mass is 10.0. The topological polar surface area (TPSA) is 70.7 Å². The Labute approximate surface area is 164 Å². The summed E-state index contributed by atoms with van der Waals surface area (Å²) in [7, 11) is 1.89. The number of piperidine rings is 1. The van der Waals surface area contributed by atoms with Crippen LogP contribution in [0.3, 0.4) is 0 Å². The summed E-state index contributed by atoms with van der Waals surface area (Å²) in [5.41, 5.74) is 1.92. The average Bonchev–Trinajstić information content (AvgIpc) is 3.44. The van der Waals surface area contributed by atoms with Crippen molar-refractivity contribution in [2.24, 2.45) is 5.92 Å². The molecule has 2 fully saturated rings. The van der Waals surface area contributed by atoms with Crippen LogP contribution >= 0.6 is 0 Å². The van der Waals surface area contributed by atoms with Crippen LogP contribution in [-0.2, 0) is 4.79 Å². The van der Waals surface area contributed by atoms with Gasteiger partial charge in [0.1, 0.15) is 5.82 Å². The van der Waals surface area contributed by atoms with Crippen LogP contribution in [0, 0.1) is 5.92 Å². The zero-order valence-electron chi connectivity index (χ0n) is 16.2. The van der Waals surface area contributed by atoms with Gasteiger partial charge in [0.2, 0.25) is 12.7 Å². The highest BCUT2D eigenvalue weighted by molar-refractivity contribution is 5.81. The molecule has 148 valence electrons. The third-order valence-corrected chi connectivity index (χ3v) is 6.19. The van der Waals surface area contributed by atoms with E-state index in [1.807, 2.05) is 36.3 Å². The standard InChI is InChI=1S/C21H26N4O3/c1-24-17(9-15(21(24)26)12-25-7-3-2-4-8-25)20-22-11-16(23-20)14-5-6-18-19(10-14)28-13-27-18/h5-6,10-11,15,17H,2-4,7-9,12-13H2,1H3,(H,22,23). The van der Waals surface area contributed by atoms with Crippen LogP contribution in [0.15, 0.2) is 24.4 Å². The summed E-state index contributed by atoms with van der Waals surface area (Å²) in [6.45, 7) is 3.37. The Balaban J connectivity index is 1.31. The molecule has 0 spiro atoms. The first-order chi connectivity index (χ1) is 13.7. The summed E-state index contributed by atoms with van der Waals surface area (Å²) >= 11 is 0. The van der Waals surface area contributed by atoms with E-state index in [2.05, 4.69) is 14.9 Å². The van der Waals surface area contributed by atoms with Crippen LogP contribution in [0.1, 0.15) is 37.5 Å². The Morgan fingerprint density at radius 2 is 2.00 bits per heavy atom. The Morgan fingerprint density at radius 1 is 1.18 bits per heavy atom. The van der Waals surface area contributed by atoms with E-state index in [0.717, 1.165) is 54.6 Å². The summed E-state index contributed by atoms with van der Waals surface area (Å²) in [5.74, 6) is 2.67. The van der Waals surface area contributed by atoms with Crippen LogP contribution < -0.4 is 9.47 Å². The number of H-pyrrole nitrogens is 1. The van der Waals surface area contributed by atoms with Crippen molar-refractivity contribution in [3.05, 3.63) is 30.2 Å². The van der Waals surface area contributed by atoms with E-state index in [1.54, 1.807) is 0 Å². The van der Waals surface area contributed by atoms with Gasteiger partial charge in [0.05, 0.1) is 23.9 Å². The zero-order chi connectivity index (χ0) is 19.1. The van der Waals surface area contributed by atoms with Gasteiger partial charge in [-0.05, 0) is 50.6 Å². The van der Waals surface area contributed by atoms with Crippen molar-refractivity contribution in [1.82, 2.24) is 19.8 Å². The van der Waals surface area contributed by atoms with Gasteiger partial charge in [-0.3, -0.25) is 4.79 Å². The Hall–Kier alpha value is -2.54. The molecule has 0 saturated carbocycles. The SMILES string of the molecule is CN1C(=O)C(CN2CCCCC2)CC1c1ncc(-c2ccc3c(c2)OCO3)[nH]1.